The van der Waals surface area contributed by atoms with Crippen LogP contribution in [0.3, 0.4) is 0 Å². The Hall–Kier alpha value is -0.703. The van der Waals surface area contributed by atoms with Crippen LogP contribution < -0.4 is 0 Å². The predicted molar refractivity (Wildman–Crippen MR) is 51.1 cm³/mol. The summed E-state index contributed by atoms with van der Waals surface area (Å²) in [5, 5.41) is 2.62. The molecule has 0 aliphatic carbocycles. The maximum absolute atomic E-state index is 2.12. The molecule has 0 aromatic heterocycles. The van der Waals surface area contributed by atoms with E-state index in [-0.39, 0.29) is 18.9 Å². The maximum Gasteiger partial charge on any atom is -0.0184 e. The molecule has 50 valence electrons. The third-order valence-electron chi connectivity index (χ3n) is 1.66. The van der Waals surface area contributed by atoms with Gasteiger partial charge in [0, 0.05) is 0 Å². The molecule has 0 nitrogen and oxygen atoms in total. The molecule has 1 heteroatoms. The zero-order chi connectivity index (χ0) is 6.81. The summed E-state index contributed by atoms with van der Waals surface area (Å²) in [6, 6.07) is 16.7. The van der Waals surface area contributed by atoms with E-state index in [0.29, 0.717) is 0 Å². The Morgan fingerprint density at radius 1 is 0.545 bits per heavy atom. The molecule has 0 N–H and O–H groups in total. The molecule has 0 aliphatic heterocycles. The Kier molecular flexibility index (Phi) is 2.76. The van der Waals surface area contributed by atoms with Gasteiger partial charge in [-0.15, -0.1) is 0 Å². The summed E-state index contributed by atoms with van der Waals surface area (Å²) in [4.78, 5) is 0. The Balaban J connectivity index is 0.000000605. The van der Waals surface area contributed by atoms with Crippen molar-refractivity contribution in [1.82, 2.24) is 0 Å². The van der Waals surface area contributed by atoms with Gasteiger partial charge in [-0.05, 0) is 10.8 Å². The summed E-state index contributed by atoms with van der Waals surface area (Å²) >= 11 is 0. The predicted octanol–water partition coefficient (Wildman–Crippen LogP) is 2.19. The second-order valence-electron chi connectivity index (χ2n) is 2.35. The third-order valence-corrected chi connectivity index (χ3v) is 1.66. The summed E-state index contributed by atoms with van der Waals surface area (Å²) in [6.45, 7) is 0. The zero-order valence-electron chi connectivity index (χ0n) is 5.62. The molecule has 11 heavy (non-hydrogen) atoms. The number of benzene rings is 2. The molecule has 0 saturated carbocycles. The van der Waals surface area contributed by atoms with Crippen molar-refractivity contribution >= 4 is 29.6 Å². The molecule has 0 amide bonds. The van der Waals surface area contributed by atoms with E-state index in [0.717, 1.165) is 0 Å². The van der Waals surface area contributed by atoms with Gasteiger partial charge in [0.15, 0.2) is 0 Å². The van der Waals surface area contributed by atoms with Gasteiger partial charge in [0.1, 0.15) is 0 Å². The van der Waals surface area contributed by atoms with Crippen molar-refractivity contribution in [3.63, 3.8) is 0 Å². The summed E-state index contributed by atoms with van der Waals surface area (Å²) in [5.41, 5.74) is 0. The van der Waals surface area contributed by atoms with E-state index in [9.17, 15) is 0 Å². The second-order valence-corrected chi connectivity index (χ2v) is 2.35. The molecule has 0 bridgehead atoms. The number of rotatable bonds is 0. The van der Waals surface area contributed by atoms with Crippen LogP contribution in [0.2, 0.25) is 0 Å². The van der Waals surface area contributed by atoms with Gasteiger partial charge in [0.05, 0.1) is 0 Å². The molecule has 0 atom stereocenters. The SMILES string of the molecule is [LiH].c1ccc2ccccc2c1. The minimum atomic E-state index is 0. The van der Waals surface area contributed by atoms with Gasteiger partial charge in [-0.2, -0.15) is 0 Å². The van der Waals surface area contributed by atoms with Gasteiger partial charge in [0.25, 0.3) is 0 Å². The zero-order valence-corrected chi connectivity index (χ0v) is 5.62. The van der Waals surface area contributed by atoms with Gasteiger partial charge in [0.2, 0.25) is 0 Å². The van der Waals surface area contributed by atoms with Crippen molar-refractivity contribution in [3.8, 4) is 0 Å². The first-order valence-corrected chi connectivity index (χ1v) is 3.40. The van der Waals surface area contributed by atoms with E-state index in [1.165, 1.54) is 10.8 Å². The van der Waals surface area contributed by atoms with Gasteiger partial charge in [-0.25, -0.2) is 0 Å². The molecular formula is C10H9Li. The minimum Gasteiger partial charge on any atom is -0.0616 e. The average Bonchev–Trinajstić information content (AvgIpc) is 2.05. The van der Waals surface area contributed by atoms with Crippen molar-refractivity contribution in [2.45, 2.75) is 0 Å². The first-order valence-electron chi connectivity index (χ1n) is 3.40. The molecule has 2 aromatic rings. The van der Waals surface area contributed by atoms with E-state index >= 15 is 0 Å². The monoisotopic (exact) mass is 136 g/mol. The topological polar surface area (TPSA) is 0 Å². The fourth-order valence-corrected chi connectivity index (χ4v) is 1.13. The van der Waals surface area contributed by atoms with Crippen LogP contribution >= 0.6 is 0 Å². The third kappa shape index (κ3) is 1.65. The van der Waals surface area contributed by atoms with Crippen LogP contribution in [0.1, 0.15) is 0 Å². The molecular weight excluding hydrogens is 127 g/mol. The maximum atomic E-state index is 2.12. The van der Waals surface area contributed by atoms with Crippen molar-refractivity contribution in [2.24, 2.45) is 0 Å². The molecule has 0 spiro atoms. The minimum absolute atomic E-state index is 0. The quantitative estimate of drug-likeness (QED) is 0.487. The summed E-state index contributed by atoms with van der Waals surface area (Å²) in [5.74, 6) is 0. The first-order chi connectivity index (χ1) is 4.97. The van der Waals surface area contributed by atoms with E-state index in [2.05, 4.69) is 48.5 Å². The summed E-state index contributed by atoms with van der Waals surface area (Å²) < 4.78 is 0. The molecule has 2 aromatic carbocycles. The largest absolute Gasteiger partial charge is 0.0616 e. The number of fused-ring (bicyclic) bond motifs is 1. The number of hydrogen-bond donors (Lipinski definition) is 0. The van der Waals surface area contributed by atoms with E-state index < -0.39 is 0 Å². The van der Waals surface area contributed by atoms with Crippen LogP contribution in [0, 0.1) is 0 Å². The average molecular weight is 136 g/mol. The van der Waals surface area contributed by atoms with Crippen LogP contribution in [0.4, 0.5) is 0 Å². The molecule has 0 heterocycles. The number of hydrogen-bond acceptors (Lipinski definition) is 0. The molecule has 0 radical (unpaired) electrons. The summed E-state index contributed by atoms with van der Waals surface area (Å²) in [6.07, 6.45) is 0. The van der Waals surface area contributed by atoms with Crippen LogP contribution in [0.15, 0.2) is 48.5 Å². The summed E-state index contributed by atoms with van der Waals surface area (Å²) in [7, 11) is 0. The molecule has 0 aliphatic rings. The first kappa shape index (κ1) is 8.39. The van der Waals surface area contributed by atoms with Crippen molar-refractivity contribution in [1.29, 1.82) is 0 Å². The smallest absolute Gasteiger partial charge is 0.0184 e. The standard InChI is InChI=1S/C10H8.Li.H/c1-2-6-10-8-4-3-7-9(10)5-1;;/h1-8H;;. The van der Waals surface area contributed by atoms with Crippen LogP contribution in [0.5, 0.6) is 0 Å². The van der Waals surface area contributed by atoms with Crippen molar-refractivity contribution in [2.75, 3.05) is 0 Å². The molecule has 0 fully saturated rings. The van der Waals surface area contributed by atoms with Gasteiger partial charge in [-0.1, -0.05) is 48.5 Å². The van der Waals surface area contributed by atoms with Crippen molar-refractivity contribution in [3.05, 3.63) is 48.5 Å². The normalized spacial score (nSPS) is 9.09. The van der Waals surface area contributed by atoms with Gasteiger partial charge >= 0.3 is 18.9 Å². The Morgan fingerprint density at radius 3 is 1.09 bits per heavy atom. The van der Waals surface area contributed by atoms with Gasteiger partial charge in [-0.3, -0.25) is 0 Å². The van der Waals surface area contributed by atoms with E-state index in [1.807, 2.05) is 0 Å². The fraction of sp³-hybridized carbons (Fsp3) is 0. The second kappa shape index (κ2) is 3.62. The van der Waals surface area contributed by atoms with Crippen molar-refractivity contribution < 1.29 is 0 Å². The molecule has 0 unspecified atom stereocenters. The Bertz CT molecular complexity index is 276. The molecule has 0 saturated heterocycles. The fourth-order valence-electron chi connectivity index (χ4n) is 1.13. The van der Waals surface area contributed by atoms with Gasteiger partial charge < -0.3 is 0 Å². The van der Waals surface area contributed by atoms with Crippen LogP contribution in [-0.2, 0) is 0 Å². The molecule has 2 rings (SSSR count). The Labute approximate surface area is 78.4 Å². The van der Waals surface area contributed by atoms with Crippen LogP contribution in [-0.4, -0.2) is 18.9 Å². The van der Waals surface area contributed by atoms with E-state index in [4.69, 9.17) is 0 Å². The van der Waals surface area contributed by atoms with Crippen LogP contribution in [0.25, 0.3) is 10.8 Å². The van der Waals surface area contributed by atoms with E-state index in [1.54, 1.807) is 0 Å². The Morgan fingerprint density at radius 2 is 0.818 bits per heavy atom.